The number of benzene rings is 1. The smallest absolute Gasteiger partial charge is 0.165 e. The van der Waals surface area contributed by atoms with Crippen LogP contribution in [0.5, 0.6) is 0 Å². The molecular weight excluding hydrogens is 184 g/mol. The first kappa shape index (κ1) is 12.0. The van der Waals surface area contributed by atoms with E-state index in [1.807, 2.05) is 26.0 Å². The number of hydrogen-bond donors (Lipinski definition) is 0. The number of aryl methyl sites for hydroxylation is 2. The van der Waals surface area contributed by atoms with E-state index in [2.05, 4.69) is 19.9 Å². The van der Waals surface area contributed by atoms with Crippen LogP contribution in [-0.2, 0) is 0 Å². The number of carbonyl (C=O) groups excluding carboxylic acids is 1. The maximum absolute atomic E-state index is 12.1. The molecule has 0 aliphatic carbocycles. The van der Waals surface area contributed by atoms with Gasteiger partial charge >= 0.3 is 0 Å². The Morgan fingerprint density at radius 1 is 1.33 bits per heavy atom. The van der Waals surface area contributed by atoms with Gasteiger partial charge in [-0.3, -0.25) is 4.79 Å². The van der Waals surface area contributed by atoms with E-state index in [1.165, 1.54) is 5.56 Å². The van der Waals surface area contributed by atoms with Crippen molar-refractivity contribution in [1.82, 2.24) is 0 Å². The molecule has 1 heteroatoms. The average molecular weight is 204 g/mol. The lowest BCUT2D eigenvalue weighted by Crippen LogP contribution is -2.12. The third kappa shape index (κ3) is 2.92. The molecule has 0 fully saturated rings. The minimum atomic E-state index is 0.149. The van der Waals surface area contributed by atoms with Crippen molar-refractivity contribution in [2.24, 2.45) is 5.92 Å². The van der Waals surface area contributed by atoms with Crippen LogP contribution in [0, 0.1) is 19.8 Å². The molecule has 1 unspecified atom stereocenters. The second-order valence-electron chi connectivity index (χ2n) is 4.37. The zero-order valence-corrected chi connectivity index (χ0v) is 10.1. The second-order valence-corrected chi connectivity index (χ2v) is 4.37. The van der Waals surface area contributed by atoms with Crippen LogP contribution < -0.4 is 0 Å². The number of Topliss-reactive ketones (excluding diaryl/α,β-unsaturated/α-hetero) is 1. The number of hydrogen-bond acceptors (Lipinski definition) is 1. The molecule has 0 saturated heterocycles. The summed E-state index contributed by atoms with van der Waals surface area (Å²) in [5.41, 5.74) is 3.21. The summed E-state index contributed by atoms with van der Waals surface area (Å²) in [6.07, 6.45) is 2.05. The van der Waals surface area contributed by atoms with Crippen molar-refractivity contribution in [1.29, 1.82) is 0 Å². The summed E-state index contributed by atoms with van der Waals surface area (Å²) in [7, 11) is 0. The van der Waals surface area contributed by atoms with Crippen molar-refractivity contribution in [2.75, 3.05) is 0 Å². The van der Waals surface area contributed by atoms with E-state index in [9.17, 15) is 4.79 Å². The molecule has 0 radical (unpaired) electrons. The van der Waals surface area contributed by atoms with Gasteiger partial charge in [0.1, 0.15) is 0 Å². The van der Waals surface area contributed by atoms with E-state index in [-0.39, 0.29) is 11.7 Å². The Balaban J connectivity index is 2.91. The van der Waals surface area contributed by atoms with Crippen LogP contribution in [0.15, 0.2) is 18.2 Å². The van der Waals surface area contributed by atoms with E-state index >= 15 is 0 Å². The van der Waals surface area contributed by atoms with Crippen LogP contribution in [0.1, 0.15) is 48.2 Å². The normalized spacial score (nSPS) is 12.5. The van der Waals surface area contributed by atoms with Crippen molar-refractivity contribution in [3.63, 3.8) is 0 Å². The molecule has 1 rings (SSSR count). The van der Waals surface area contributed by atoms with E-state index < -0.39 is 0 Å². The fourth-order valence-corrected chi connectivity index (χ4v) is 1.92. The molecule has 0 heterocycles. The van der Waals surface area contributed by atoms with Gasteiger partial charge in [0, 0.05) is 11.5 Å². The molecule has 1 aromatic carbocycles. The van der Waals surface area contributed by atoms with Crippen molar-refractivity contribution < 1.29 is 4.79 Å². The molecule has 0 saturated carbocycles. The van der Waals surface area contributed by atoms with E-state index in [1.54, 1.807) is 0 Å². The lowest BCUT2D eigenvalue weighted by molar-refractivity contribution is 0.0923. The number of rotatable bonds is 4. The summed E-state index contributed by atoms with van der Waals surface area (Å²) >= 11 is 0. The van der Waals surface area contributed by atoms with Gasteiger partial charge in [-0.25, -0.2) is 0 Å². The van der Waals surface area contributed by atoms with Crippen LogP contribution in [0.3, 0.4) is 0 Å². The first-order valence-electron chi connectivity index (χ1n) is 5.67. The van der Waals surface area contributed by atoms with Gasteiger partial charge in [-0.15, -0.1) is 0 Å². The first-order chi connectivity index (χ1) is 7.06. The van der Waals surface area contributed by atoms with Gasteiger partial charge in [0.25, 0.3) is 0 Å². The van der Waals surface area contributed by atoms with Gasteiger partial charge in [0.15, 0.2) is 5.78 Å². The van der Waals surface area contributed by atoms with Crippen molar-refractivity contribution in [3.05, 3.63) is 34.9 Å². The summed E-state index contributed by atoms with van der Waals surface area (Å²) in [4.78, 5) is 12.1. The quantitative estimate of drug-likeness (QED) is 0.679. The zero-order valence-electron chi connectivity index (χ0n) is 10.1. The Morgan fingerprint density at radius 2 is 2.00 bits per heavy atom. The Morgan fingerprint density at radius 3 is 2.53 bits per heavy atom. The minimum Gasteiger partial charge on any atom is -0.294 e. The largest absolute Gasteiger partial charge is 0.294 e. The summed E-state index contributed by atoms with van der Waals surface area (Å²) in [6, 6.07) is 6.05. The van der Waals surface area contributed by atoms with Crippen LogP contribution >= 0.6 is 0 Å². The van der Waals surface area contributed by atoms with Crippen LogP contribution in [0.2, 0.25) is 0 Å². The Kier molecular flexibility index (Phi) is 4.07. The van der Waals surface area contributed by atoms with Gasteiger partial charge in [-0.1, -0.05) is 44.0 Å². The molecule has 0 aliphatic rings. The summed E-state index contributed by atoms with van der Waals surface area (Å²) in [5.74, 6) is 0.436. The Bertz CT molecular complexity index is 352. The fourth-order valence-electron chi connectivity index (χ4n) is 1.92. The molecule has 0 aromatic heterocycles. The molecule has 15 heavy (non-hydrogen) atoms. The summed E-state index contributed by atoms with van der Waals surface area (Å²) < 4.78 is 0. The highest BCUT2D eigenvalue weighted by molar-refractivity contribution is 5.98. The van der Waals surface area contributed by atoms with Crippen LogP contribution in [0.25, 0.3) is 0 Å². The maximum Gasteiger partial charge on any atom is 0.165 e. The monoisotopic (exact) mass is 204 g/mol. The molecule has 1 aromatic rings. The van der Waals surface area contributed by atoms with Crippen LogP contribution in [-0.4, -0.2) is 5.78 Å². The molecule has 0 N–H and O–H groups in total. The predicted octanol–water partition coefficient (Wildman–Crippen LogP) is 3.92. The maximum atomic E-state index is 12.1. The van der Waals surface area contributed by atoms with E-state index in [0.717, 1.165) is 24.0 Å². The second kappa shape index (κ2) is 5.11. The molecule has 0 bridgehead atoms. The minimum absolute atomic E-state index is 0.149. The van der Waals surface area contributed by atoms with E-state index in [0.29, 0.717) is 0 Å². The molecule has 0 aliphatic heterocycles. The highest BCUT2D eigenvalue weighted by atomic mass is 16.1. The molecule has 0 spiro atoms. The predicted molar refractivity (Wildman–Crippen MR) is 64.3 cm³/mol. The van der Waals surface area contributed by atoms with E-state index in [4.69, 9.17) is 0 Å². The fraction of sp³-hybridized carbons (Fsp3) is 0.500. The third-order valence-electron chi connectivity index (χ3n) is 2.82. The standard InChI is InChI=1S/C14H20O/c1-5-6-11(3)14(15)13-8-7-10(2)9-12(13)4/h7-9,11H,5-6H2,1-4H3. The Labute approximate surface area is 92.5 Å². The molecule has 82 valence electrons. The van der Waals surface area contributed by atoms with Crippen molar-refractivity contribution in [2.45, 2.75) is 40.5 Å². The molecule has 0 amide bonds. The van der Waals surface area contributed by atoms with Crippen molar-refractivity contribution in [3.8, 4) is 0 Å². The highest BCUT2D eigenvalue weighted by Crippen LogP contribution is 2.18. The SMILES string of the molecule is CCCC(C)C(=O)c1ccc(C)cc1C. The van der Waals surface area contributed by atoms with Gasteiger partial charge in [-0.2, -0.15) is 0 Å². The number of carbonyl (C=O) groups is 1. The summed E-state index contributed by atoms with van der Waals surface area (Å²) in [5, 5.41) is 0. The summed E-state index contributed by atoms with van der Waals surface area (Å²) in [6.45, 7) is 8.20. The molecule has 1 nitrogen and oxygen atoms in total. The number of ketones is 1. The van der Waals surface area contributed by atoms with Gasteiger partial charge < -0.3 is 0 Å². The molecule has 1 atom stereocenters. The van der Waals surface area contributed by atoms with Crippen LogP contribution in [0.4, 0.5) is 0 Å². The Hall–Kier alpha value is -1.11. The van der Waals surface area contributed by atoms with Gasteiger partial charge in [-0.05, 0) is 25.8 Å². The van der Waals surface area contributed by atoms with Crippen molar-refractivity contribution >= 4 is 5.78 Å². The lowest BCUT2D eigenvalue weighted by atomic mass is 9.92. The van der Waals surface area contributed by atoms with Gasteiger partial charge in [0.2, 0.25) is 0 Å². The average Bonchev–Trinajstić information content (AvgIpc) is 2.17. The first-order valence-corrected chi connectivity index (χ1v) is 5.67. The highest BCUT2D eigenvalue weighted by Gasteiger charge is 2.15. The topological polar surface area (TPSA) is 17.1 Å². The zero-order chi connectivity index (χ0) is 11.4. The van der Waals surface area contributed by atoms with Gasteiger partial charge in [0.05, 0.1) is 0 Å². The molecular formula is C14H20O. The lowest BCUT2D eigenvalue weighted by Gasteiger charge is -2.11. The third-order valence-corrected chi connectivity index (χ3v) is 2.82.